The molecule has 140 valence electrons. The summed E-state index contributed by atoms with van der Waals surface area (Å²) in [5, 5.41) is 4.46. The molecule has 9 heteroatoms. The van der Waals surface area contributed by atoms with Crippen molar-refractivity contribution in [2.24, 2.45) is 5.10 Å². The van der Waals surface area contributed by atoms with Crippen LogP contribution < -0.4 is 15.7 Å². The van der Waals surface area contributed by atoms with Crippen LogP contribution in [0.25, 0.3) is 10.2 Å². The fraction of sp³-hybridized carbons (Fsp3) is 0.222. The van der Waals surface area contributed by atoms with E-state index < -0.39 is 5.91 Å². The number of aryl methyl sites for hydroxylation is 1. The van der Waals surface area contributed by atoms with E-state index in [1.165, 1.54) is 28.4 Å². The molecular formula is C18H17BrN4O3S. The van der Waals surface area contributed by atoms with E-state index in [1.54, 1.807) is 13.2 Å². The Morgan fingerprint density at radius 1 is 1.44 bits per heavy atom. The topological polar surface area (TPSA) is 85.6 Å². The molecule has 27 heavy (non-hydrogen) atoms. The third-order valence-electron chi connectivity index (χ3n) is 3.81. The van der Waals surface area contributed by atoms with Gasteiger partial charge >= 0.3 is 0 Å². The lowest BCUT2D eigenvalue weighted by Gasteiger charge is -2.04. The maximum atomic E-state index is 12.5. The van der Waals surface area contributed by atoms with Crippen LogP contribution in [0, 0.1) is 0 Å². The van der Waals surface area contributed by atoms with Gasteiger partial charge in [-0.05, 0) is 52.2 Å². The van der Waals surface area contributed by atoms with Crippen molar-refractivity contribution in [2.45, 2.75) is 19.9 Å². The number of ether oxygens (including phenoxy) is 1. The molecule has 0 radical (unpaired) electrons. The summed E-state index contributed by atoms with van der Waals surface area (Å²) >= 11 is 4.88. The van der Waals surface area contributed by atoms with Gasteiger partial charge in [-0.25, -0.2) is 10.4 Å². The predicted molar refractivity (Wildman–Crippen MR) is 110 cm³/mol. The third-order valence-corrected chi connectivity index (χ3v) is 5.62. The molecule has 1 aromatic carbocycles. The maximum Gasteiger partial charge on any atom is 0.262 e. The maximum absolute atomic E-state index is 12.5. The molecule has 0 aliphatic rings. The van der Waals surface area contributed by atoms with Crippen molar-refractivity contribution in [3.63, 3.8) is 0 Å². The van der Waals surface area contributed by atoms with Crippen molar-refractivity contribution in [2.75, 3.05) is 7.11 Å². The van der Waals surface area contributed by atoms with E-state index in [0.717, 1.165) is 21.3 Å². The van der Waals surface area contributed by atoms with E-state index >= 15 is 0 Å². The molecule has 0 aliphatic carbocycles. The molecule has 2 heterocycles. The Bertz CT molecular complexity index is 1070. The summed E-state index contributed by atoms with van der Waals surface area (Å²) in [6.07, 6.45) is 3.75. The van der Waals surface area contributed by atoms with Gasteiger partial charge in [0.1, 0.15) is 17.1 Å². The van der Waals surface area contributed by atoms with Crippen molar-refractivity contribution >= 4 is 49.6 Å². The quantitative estimate of drug-likeness (QED) is 0.463. The Hall–Kier alpha value is -2.52. The van der Waals surface area contributed by atoms with Gasteiger partial charge in [-0.1, -0.05) is 6.92 Å². The smallest absolute Gasteiger partial charge is 0.262 e. The van der Waals surface area contributed by atoms with Gasteiger partial charge in [0.2, 0.25) is 0 Å². The van der Waals surface area contributed by atoms with Crippen molar-refractivity contribution in [3.05, 3.63) is 55.9 Å². The largest absolute Gasteiger partial charge is 0.496 e. The molecule has 0 aliphatic heterocycles. The fourth-order valence-corrected chi connectivity index (χ4v) is 3.91. The van der Waals surface area contributed by atoms with Crippen molar-refractivity contribution in [1.29, 1.82) is 0 Å². The number of hydrogen-bond donors (Lipinski definition) is 1. The number of amides is 1. The van der Waals surface area contributed by atoms with Crippen LogP contribution in [0.3, 0.4) is 0 Å². The number of carbonyl (C=O) groups is 1. The van der Waals surface area contributed by atoms with Crippen molar-refractivity contribution in [3.8, 4) is 5.75 Å². The number of nitrogens with one attached hydrogen (secondary N) is 1. The number of carbonyl (C=O) groups excluding carboxylic acids is 1. The number of hydrazone groups is 1. The second-order valence-electron chi connectivity index (χ2n) is 5.65. The molecule has 3 aromatic rings. The first kappa shape index (κ1) is 19.2. The SMILES string of the molecule is CCc1cc2c(=O)n(CC(=O)N/N=C/c3ccc(OC)c(Br)c3)cnc2s1. The van der Waals surface area contributed by atoms with Gasteiger partial charge in [0.05, 0.1) is 29.5 Å². The first-order valence-electron chi connectivity index (χ1n) is 8.15. The van der Waals surface area contributed by atoms with Crippen molar-refractivity contribution < 1.29 is 9.53 Å². The number of rotatable bonds is 6. The standard InChI is InChI=1S/C18H17BrN4O3S/c1-3-12-7-13-17(27-12)20-10-23(18(13)25)9-16(24)22-21-8-11-4-5-15(26-2)14(19)6-11/h4-8,10H,3,9H2,1-2H3,(H,22,24)/b21-8+. The Balaban J connectivity index is 1.67. The normalized spacial score (nSPS) is 11.2. The molecule has 0 saturated heterocycles. The van der Waals surface area contributed by atoms with E-state index in [0.29, 0.717) is 16.0 Å². The second-order valence-corrected chi connectivity index (χ2v) is 7.62. The number of hydrogen-bond acceptors (Lipinski definition) is 6. The number of thiophene rings is 1. The van der Waals surface area contributed by atoms with Crippen LogP contribution in [0.4, 0.5) is 0 Å². The molecule has 0 spiro atoms. The van der Waals surface area contributed by atoms with Crippen molar-refractivity contribution in [1.82, 2.24) is 15.0 Å². The molecule has 1 N–H and O–H groups in total. The molecule has 7 nitrogen and oxygen atoms in total. The van der Waals surface area contributed by atoms with E-state index in [4.69, 9.17) is 4.74 Å². The molecule has 0 atom stereocenters. The lowest BCUT2D eigenvalue weighted by molar-refractivity contribution is -0.121. The zero-order valence-corrected chi connectivity index (χ0v) is 17.1. The lowest BCUT2D eigenvalue weighted by Crippen LogP contribution is -2.29. The monoisotopic (exact) mass is 448 g/mol. The van der Waals surface area contributed by atoms with Crippen LogP contribution in [-0.2, 0) is 17.8 Å². The summed E-state index contributed by atoms with van der Waals surface area (Å²) in [5.74, 6) is 0.297. The Labute approximate surface area is 167 Å². The minimum atomic E-state index is -0.409. The highest BCUT2D eigenvalue weighted by molar-refractivity contribution is 9.10. The third kappa shape index (κ3) is 4.42. The van der Waals surface area contributed by atoms with E-state index in [-0.39, 0.29) is 12.1 Å². The van der Waals surface area contributed by atoms with Gasteiger partial charge in [0.25, 0.3) is 11.5 Å². The van der Waals surface area contributed by atoms with Crippen LogP contribution >= 0.6 is 27.3 Å². The summed E-state index contributed by atoms with van der Waals surface area (Å²) in [4.78, 5) is 30.6. The first-order valence-corrected chi connectivity index (χ1v) is 9.76. The molecule has 0 bridgehead atoms. The highest BCUT2D eigenvalue weighted by Crippen LogP contribution is 2.24. The molecular weight excluding hydrogens is 432 g/mol. The fourth-order valence-electron chi connectivity index (χ4n) is 2.43. The summed E-state index contributed by atoms with van der Waals surface area (Å²) in [6, 6.07) is 7.25. The Morgan fingerprint density at radius 2 is 2.26 bits per heavy atom. The number of aromatic nitrogens is 2. The highest BCUT2D eigenvalue weighted by atomic mass is 79.9. The number of benzene rings is 1. The minimum absolute atomic E-state index is 0.150. The predicted octanol–water partition coefficient (Wildman–Crippen LogP) is 2.94. The number of fused-ring (bicyclic) bond motifs is 1. The van der Waals surface area contributed by atoms with Gasteiger partial charge in [0.15, 0.2) is 0 Å². The second kappa shape index (κ2) is 8.45. The Kier molecular flexibility index (Phi) is 6.02. The van der Waals surface area contributed by atoms with Crippen LogP contribution in [0.1, 0.15) is 17.4 Å². The van der Waals surface area contributed by atoms with Gasteiger partial charge in [-0.2, -0.15) is 5.10 Å². The molecule has 0 saturated carbocycles. The molecule has 2 aromatic heterocycles. The lowest BCUT2D eigenvalue weighted by atomic mass is 10.2. The average molecular weight is 449 g/mol. The van der Waals surface area contributed by atoms with Gasteiger partial charge in [-0.15, -0.1) is 11.3 Å². The summed E-state index contributed by atoms with van der Waals surface area (Å²) in [5.41, 5.74) is 2.98. The summed E-state index contributed by atoms with van der Waals surface area (Å²) in [6.45, 7) is 1.87. The van der Waals surface area contributed by atoms with Crippen LogP contribution in [0.2, 0.25) is 0 Å². The van der Waals surface area contributed by atoms with E-state index in [1.807, 2.05) is 25.1 Å². The average Bonchev–Trinajstić information content (AvgIpc) is 3.08. The number of nitrogens with zero attached hydrogens (tertiary/aromatic N) is 3. The highest BCUT2D eigenvalue weighted by Gasteiger charge is 2.10. The van der Waals surface area contributed by atoms with Gasteiger partial charge in [0, 0.05) is 4.88 Å². The van der Waals surface area contributed by atoms with Gasteiger partial charge < -0.3 is 4.74 Å². The molecule has 1 amide bonds. The van der Waals surface area contributed by atoms with Gasteiger partial charge in [-0.3, -0.25) is 14.2 Å². The zero-order chi connectivity index (χ0) is 19.4. The van der Waals surface area contributed by atoms with E-state index in [2.05, 4.69) is 31.4 Å². The summed E-state index contributed by atoms with van der Waals surface area (Å²) in [7, 11) is 1.58. The molecule has 0 fully saturated rings. The first-order chi connectivity index (χ1) is 13.0. The minimum Gasteiger partial charge on any atom is -0.496 e. The summed E-state index contributed by atoms with van der Waals surface area (Å²) < 4.78 is 7.23. The molecule has 0 unspecified atom stereocenters. The van der Waals surface area contributed by atoms with Crippen LogP contribution in [0.5, 0.6) is 5.75 Å². The van der Waals surface area contributed by atoms with E-state index in [9.17, 15) is 9.59 Å². The zero-order valence-electron chi connectivity index (χ0n) is 14.7. The van der Waals surface area contributed by atoms with Crippen LogP contribution in [0.15, 0.2) is 45.0 Å². The molecule has 3 rings (SSSR count). The van der Waals surface area contributed by atoms with Crippen LogP contribution in [-0.4, -0.2) is 28.8 Å². The number of halogens is 1. The number of methoxy groups -OCH3 is 1. The Morgan fingerprint density at radius 3 is 2.96 bits per heavy atom.